The lowest BCUT2D eigenvalue weighted by atomic mass is 9.74. The van der Waals surface area contributed by atoms with Crippen LogP contribution in [0, 0.1) is 24.0 Å². The summed E-state index contributed by atoms with van der Waals surface area (Å²) in [5.74, 6) is 6.71. The van der Waals surface area contributed by atoms with Crippen LogP contribution in [0.5, 0.6) is 17.2 Å². The zero-order valence-corrected chi connectivity index (χ0v) is 62.6. The van der Waals surface area contributed by atoms with Crippen LogP contribution >= 0.6 is 0 Å². The molecule has 572 valence electrons. The Labute approximate surface area is 643 Å². The minimum atomic E-state index is -2.88. The lowest BCUT2D eigenvalue weighted by Gasteiger charge is -2.40. The molecule has 21 nitrogen and oxygen atoms in total. The van der Waals surface area contributed by atoms with Crippen LogP contribution in [0.15, 0.2) is 157 Å². The average molecular weight is 1520 g/mol. The number of nitrogens with zero attached hydrogens (tertiary/aromatic N) is 16. The smallest absolute Gasteiger partial charge is 0.387 e. The summed E-state index contributed by atoms with van der Waals surface area (Å²) in [5, 5.41) is 18.6. The molecular weight excluding hydrogens is 1440 g/mol. The van der Waals surface area contributed by atoms with Crippen LogP contribution in [0.25, 0.3) is 63.3 Å². The maximum Gasteiger partial charge on any atom is 0.387 e. The maximum atomic E-state index is 14.6. The van der Waals surface area contributed by atoms with Gasteiger partial charge in [-0.25, -0.2) is 53.3 Å². The van der Waals surface area contributed by atoms with Gasteiger partial charge in [-0.3, -0.25) is 15.2 Å². The molecule has 3 aliphatic carbocycles. The molecule has 0 atom stereocenters. The fourth-order valence-corrected chi connectivity index (χ4v) is 15.9. The number of hydrogen-bond acceptors (Lipinski definition) is 18. The predicted molar refractivity (Wildman–Crippen MR) is 419 cm³/mol. The molecule has 5 aromatic carbocycles. The number of rotatable bonds is 18. The van der Waals surface area contributed by atoms with E-state index in [1.807, 2.05) is 44.2 Å². The normalized spacial score (nSPS) is 16.6. The number of halogens is 6. The van der Waals surface area contributed by atoms with Gasteiger partial charge < -0.3 is 28.9 Å². The maximum absolute atomic E-state index is 14.6. The Kier molecular flexibility index (Phi) is 21.2. The Morgan fingerprint density at radius 3 is 1.59 bits per heavy atom. The summed E-state index contributed by atoms with van der Waals surface area (Å²) in [5.41, 5.74) is 19.2. The second kappa shape index (κ2) is 32.0. The van der Waals surface area contributed by atoms with Crippen molar-refractivity contribution in [2.45, 2.75) is 117 Å². The van der Waals surface area contributed by atoms with Crippen LogP contribution in [0.2, 0.25) is 0 Å². The van der Waals surface area contributed by atoms with Crippen molar-refractivity contribution in [3.63, 3.8) is 0 Å². The predicted octanol–water partition coefficient (Wildman–Crippen LogP) is 17.1. The van der Waals surface area contributed by atoms with Gasteiger partial charge in [-0.1, -0.05) is 67.1 Å². The van der Waals surface area contributed by atoms with Gasteiger partial charge in [0.05, 0.1) is 37.0 Å². The summed E-state index contributed by atoms with van der Waals surface area (Å²) in [6, 6.07) is 34.6. The van der Waals surface area contributed by atoms with E-state index >= 15 is 0 Å². The first kappa shape index (κ1) is 74.0. The highest BCUT2D eigenvalue weighted by molar-refractivity contribution is 6.03. The van der Waals surface area contributed by atoms with E-state index in [0.717, 1.165) is 199 Å². The summed E-state index contributed by atoms with van der Waals surface area (Å²) in [6.07, 6.45) is 22.6. The summed E-state index contributed by atoms with van der Waals surface area (Å²) < 4.78 is 94.9. The number of benzene rings is 5. The highest BCUT2D eigenvalue weighted by Gasteiger charge is 2.39. The highest BCUT2D eigenvalue weighted by atomic mass is 19.3. The molecule has 11 aromatic rings. The molecule has 7 aliphatic rings. The third-order valence-corrected chi connectivity index (χ3v) is 22.2. The second-order valence-electron chi connectivity index (χ2n) is 29.2. The van der Waals surface area contributed by atoms with Crippen molar-refractivity contribution in [1.29, 1.82) is 0 Å². The number of alkyl halides is 4. The van der Waals surface area contributed by atoms with E-state index in [1.165, 1.54) is 58.9 Å². The van der Waals surface area contributed by atoms with Gasteiger partial charge in [-0.15, -0.1) is 0 Å². The monoisotopic (exact) mass is 1520 g/mol. The average Bonchev–Trinajstić information content (AvgIpc) is 1.62. The fourth-order valence-electron chi connectivity index (χ4n) is 15.9. The van der Waals surface area contributed by atoms with E-state index < -0.39 is 13.2 Å². The molecule has 0 radical (unpaired) electrons. The molecule has 2 N–H and O–H groups in total. The van der Waals surface area contributed by atoms with Crippen molar-refractivity contribution in [2.75, 3.05) is 67.7 Å². The topological polar surface area (TPSA) is 228 Å². The van der Waals surface area contributed by atoms with Crippen LogP contribution < -0.4 is 28.9 Å². The first-order valence-corrected chi connectivity index (χ1v) is 37.8. The van der Waals surface area contributed by atoms with Crippen molar-refractivity contribution in [1.82, 2.24) is 70.0 Å². The van der Waals surface area contributed by atoms with Crippen LogP contribution in [-0.2, 0) is 19.3 Å². The van der Waals surface area contributed by atoms with Gasteiger partial charge >= 0.3 is 13.2 Å². The number of aromatic nitrogens is 14. The molecule has 6 aromatic heterocycles. The van der Waals surface area contributed by atoms with Crippen molar-refractivity contribution in [2.24, 2.45) is 10.4 Å². The first-order valence-electron chi connectivity index (χ1n) is 37.8. The molecule has 4 aliphatic heterocycles. The van der Waals surface area contributed by atoms with E-state index in [-0.39, 0.29) is 34.5 Å². The number of methoxy groups -OCH3 is 1. The van der Waals surface area contributed by atoms with Gasteiger partial charge in [0.2, 0.25) is 0 Å². The largest absolute Gasteiger partial charge is 0.497 e. The van der Waals surface area contributed by atoms with Crippen molar-refractivity contribution in [3.05, 3.63) is 237 Å². The number of H-pyrrole nitrogens is 2. The minimum absolute atomic E-state index is 0.0790. The number of aryl methyl sites for hydroxylation is 1. The Hall–Kier alpha value is -12.2. The van der Waals surface area contributed by atoms with Crippen LogP contribution in [0.1, 0.15) is 157 Å². The molecule has 0 bridgehead atoms. The fraction of sp³-hybridized carbons (Fsp3) is 0.318. The van der Waals surface area contributed by atoms with Crippen LogP contribution in [0.3, 0.4) is 0 Å². The minimum Gasteiger partial charge on any atom is -0.497 e. The van der Waals surface area contributed by atoms with Crippen molar-refractivity contribution < 1.29 is 40.6 Å². The van der Waals surface area contributed by atoms with Gasteiger partial charge in [0.25, 0.3) is 0 Å². The van der Waals surface area contributed by atoms with Crippen LogP contribution in [0.4, 0.5) is 43.8 Å². The van der Waals surface area contributed by atoms with Gasteiger partial charge in [0.15, 0.2) is 23.2 Å². The summed E-state index contributed by atoms with van der Waals surface area (Å²) in [7, 11) is 1.67. The Morgan fingerprint density at radius 2 is 1.05 bits per heavy atom. The molecule has 3 saturated heterocycles. The molecule has 0 spiro atoms. The van der Waals surface area contributed by atoms with Gasteiger partial charge in [-0.05, 0) is 177 Å². The molecule has 0 amide bonds. The summed E-state index contributed by atoms with van der Waals surface area (Å²) in [6.45, 7) is 8.13. The van der Waals surface area contributed by atoms with E-state index in [1.54, 1.807) is 62.5 Å². The number of aliphatic imine (C=N–C) groups is 1. The van der Waals surface area contributed by atoms with Crippen molar-refractivity contribution >= 4 is 63.7 Å². The lowest BCUT2D eigenvalue weighted by Crippen LogP contribution is -2.43. The van der Waals surface area contributed by atoms with Crippen LogP contribution in [-0.4, -0.2) is 135 Å². The molecule has 27 heteroatoms. The lowest BCUT2D eigenvalue weighted by molar-refractivity contribution is -0.0498. The van der Waals surface area contributed by atoms with Gasteiger partial charge in [-0.2, -0.15) is 32.9 Å². The van der Waals surface area contributed by atoms with E-state index in [2.05, 4.69) is 136 Å². The molecular formula is C85H82F6N18O3. The number of allylic oxidation sites excluding steroid dienone is 5. The third kappa shape index (κ3) is 15.8. The standard InChI is InChI=1S/C30H31F3N6O.C28H26F2N6O2.C27H25FN6/c1-4-40-26-6-5-19(12-24(26)31)22-14-27(37-18(22)2)30(3)7-9-38(10-8-30)28-23-11-20(13-25(23)34-17-35-28)21-15-36-39(16-21)29(32)33;1-37-21-6-2-4-18(12-21)20-14-23-24(15-20)31-16-32-27(23)36-10-8-17(9-11-36)25-33-26(35-34-25)19-5-3-7-22(13-19)38-28(29)30;1-17-2-4-18(5-3-17)21-14-23-24(15-21)29-16-30-27(23)34-12-10-20(11-13-34)26-31-25(32-33-26)19-6-8-22(28)9-7-19/h5-6,11-12,15-17,29H,4,7-10,13-14H2,1-3H3;2-7,12-14,16-17,28H,8-11,15H2,1H3,(H,33,34,35);2-9,14,16,20H,10-13,15H2,1H3,(H,31,32,33). The summed E-state index contributed by atoms with van der Waals surface area (Å²) in [4.78, 5) is 48.8. The Morgan fingerprint density at radius 1 is 0.545 bits per heavy atom. The van der Waals surface area contributed by atoms with Gasteiger partial charge in [0.1, 0.15) is 65.4 Å². The zero-order valence-electron chi connectivity index (χ0n) is 62.6. The van der Waals surface area contributed by atoms with E-state index in [9.17, 15) is 26.3 Å². The SMILES string of the molecule is CCOc1ccc(C2=C(C)N=C(C3(C)CCN(c4ncnc5c4C=C(c4cnn(C(F)F)c4)C5)CC3)C2)cc1F.COc1cccc(C2=Cc3c(ncnc3N3CCC(c4nc(-c5cccc(OC(F)F)c5)n[nH]4)CC3)C2)c1.Cc1ccc(C2=Cc3c(ncnc3N3CCC(c4nc(-c5ccc(F)cc5)n[nH]4)CC3)C2)cc1. The molecule has 112 heavy (non-hydrogen) atoms. The quantitative estimate of drug-likeness (QED) is 0.0761. The number of fused-ring (bicyclic) bond motifs is 3. The third-order valence-electron chi connectivity index (χ3n) is 22.2. The summed E-state index contributed by atoms with van der Waals surface area (Å²) >= 11 is 0. The Balaban J connectivity index is 0.000000127. The number of anilines is 3. The van der Waals surface area contributed by atoms with E-state index in [0.29, 0.717) is 52.8 Å². The van der Waals surface area contributed by atoms with E-state index in [4.69, 9.17) is 19.5 Å². The molecule has 0 unspecified atom stereocenters. The number of nitrogens with one attached hydrogen (secondary N) is 2. The highest BCUT2D eigenvalue weighted by Crippen LogP contribution is 2.46. The number of ether oxygens (including phenoxy) is 3. The number of piperidine rings is 3. The van der Waals surface area contributed by atoms with Crippen molar-refractivity contribution in [3.8, 4) is 40.0 Å². The Bertz CT molecular complexity index is 5440. The second-order valence-corrected chi connectivity index (χ2v) is 29.2. The number of hydrogen-bond donors (Lipinski definition) is 2. The first-order chi connectivity index (χ1) is 54.5. The molecule has 10 heterocycles. The zero-order chi connectivity index (χ0) is 77.2. The molecule has 18 rings (SSSR count). The number of aromatic amines is 2. The molecule has 3 fully saturated rings. The molecule has 0 saturated carbocycles. The van der Waals surface area contributed by atoms with Gasteiger partial charge in [0, 0.05) is 133 Å².